The number of primary amides is 1. The molecule has 0 fully saturated rings. The number of para-hydroxylation sites is 1. The largest absolute Gasteiger partial charge is 0.369 e. The highest BCUT2D eigenvalue weighted by Crippen LogP contribution is 2.27. The van der Waals surface area contributed by atoms with E-state index in [2.05, 4.69) is 26.3 Å². The number of nitrogens with two attached hydrogens (primary N) is 1. The molecule has 1 aromatic heterocycles. The van der Waals surface area contributed by atoms with E-state index in [0.29, 0.717) is 0 Å². The molecule has 0 aliphatic heterocycles. The normalized spacial score (nSPS) is 12.2. The highest BCUT2D eigenvalue weighted by molar-refractivity contribution is 9.10. The number of aryl methyl sites for hydroxylation is 1. The average molecular weight is 323 g/mol. The van der Waals surface area contributed by atoms with Crippen LogP contribution in [0.1, 0.15) is 17.3 Å². The zero-order chi connectivity index (χ0) is 14.0. The minimum atomic E-state index is -0.604. The number of amides is 1. The Morgan fingerprint density at radius 1 is 1.47 bits per heavy atom. The van der Waals surface area contributed by atoms with Crippen LogP contribution in [-0.2, 0) is 11.8 Å². The van der Waals surface area contributed by atoms with Gasteiger partial charge >= 0.3 is 0 Å². The molecule has 0 radical (unpaired) electrons. The molecule has 0 saturated heterocycles. The molecule has 6 heteroatoms. The van der Waals surface area contributed by atoms with Crippen LogP contribution in [0.15, 0.2) is 34.9 Å². The number of nitrogens with one attached hydrogen (secondary N) is 1. The van der Waals surface area contributed by atoms with E-state index in [0.717, 1.165) is 21.4 Å². The quantitative estimate of drug-likeness (QED) is 0.905. The van der Waals surface area contributed by atoms with Gasteiger partial charge < -0.3 is 11.1 Å². The summed E-state index contributed by atoms with van der Waals surface area (Å²) in [6.45, 7) is 1.90. The van der Waals surface area contributed by atoms with Crippen molar-refractivity contribution in [3.05, 3.63) is 46.2 Å². The summed E-state index contributed by atoms with van der Waals surface area (Å²) in [6.07, 6.45) is 1.66. The second-order valence-corrected chi connectivity index (χ2v) is 5.12. The van der Waals surface area contributed by atoms with Crippen LogP contribution in [0, 0.1) is 6.92 Å². The SMILES string of the molecule is Cc1c(C(Nc2ccccc2Br)C(N)=O)cnn1C. The molecule has 0 aliphatic carbocycles. The number of carbonyl (C=O) groups excluding carboxylic acids is 1. The zero-order valence-corrected chi connectivity index (χ0v) is 12.3. The molecule has 0 saturated carbocycles. The third-order valence-corrected chi connectivity index (χ3v) is 3.73. The Labute approximate surface area is 119 Å². The summed E-state index contributed by atoms with van der Waals surface area (Å²) in [5, 5.41) is 7.28. The van der Waals surface area contributed by atoms with Crippen molar-refractivity contribution in [1.82, 2.24) is 9.78 Å². The van der Waals surface area contributed by atoms with Gasteiger partial charge in [-0.3, -0.25) is 9.48 Å². The molecule has 0 spiro atoms. The molecule has 3 N–H and O–H groups in total. The predicted octanol–water partition coefficient (Wildman–Crippen LogP) is 2.13. The van der Waals surface area contributed by atoms with E-state index in [1.165, 1.54) is 0 Å². The molecule has 1 heterocycles. The number of rotatable bonds is 4. The maximum atomic E-state index is 11.7. The van der Waals surface area contributed by atoms with Crippen molar-refractivity contribution >= 4 is 27.5 Å². The van der Waals surface area contributed by atoms with Crippen molar-refractivity contribution < 1.29 is 4.79 Å². The van der Waals surface area contributed by atoms with Crippen LogP contribution in [0.3, 0.4) is 0 Å². The molecule has 1 atom stereocenters. The lowest BCUT2D eigenvalue weighted by atomic mass is 10.1. The van der Waals surface area contributed by atoms with E-state index in [1.54, 1.807) is 10.9 Å². The molecule has 0 aliphatic rings. The number of halogens is 1. The summed E-state index contributed by atoms with van der Waals surface area (Å²) in [5.74, 6) is -0.438. The van der Waals surface area contributed by atoms with Crippen LogP contribution >= 0.6 is 15.9 Å². The van der Waals surface area contributed by atoms with Gasteiger partial charge in [-0.2, -0.15) is 5.10 Å². The molecular formula is C13H15BrN4O. The van der Waals surface area contributed by atoms with Crippen molar-refractivity contribution in [3.8, 4) is 0 Å². The molecule has 2 rings (SSSR count). The summed E-state index contributed by atoms with van der Waals surface area (Å²) >= 11 is 3.43. The molecule has 1 unspecified atom stereocenters. The summed E-state index contributed by atoms with van der Waals surface area (Å²) in [4.78, 5) is 11.7. The van der Waals surface area contributed by atoms with Gasteiger partial charge in [0.15, 0.2) is 0 Å². The van der Waals surface area contributed by atoms with E-state index < -0.39 is 11.9 Å². The fourth-order valence-electron chi connectivity index (χ4n) is 1.83. The maximum absolute atomic E-state index is 11.7. The van der Waals surface area contributed by atoms with Gasteiger partial charge in [0, 0.05) is 28.5 Å². The summed E-state index contributed by atoms with van der Waals surface area (Å²) in [6, 6.07) is 6.97. The van der Waals surface area contributed by atoms with Gasteiger partial charge in [-0.05, 0) is 35.0 Å². The van der Waals surface area contributed by atoms with Crippen LogP contribution in [0.2, 0.25) is 0 Å². The Kier molecular flexibility index (Phi) is 3.90. The Bertz CT molecular complexity index is 608. The molecule has 19 heavy (non-hydrogen) atoms. The van der Waals surface area contributed by atoms with Crippen LogP contribution in [-0.4, -0.2) is 15.7 Å². The van der Waals surface area contributed by atoms with E-state index in [-0.39, 0.29) is 0 Å². The average Bonchev–Trinajstić information content (AvgIpc) is 2.69. The van der Waals surface area contributed by atoms with E-state index >= 15 is 0 Å². The number of benzene rings is 1. The van der Waals surface area contributed by atoms with Crippen LogP contribution in [0.5, 0.6) is 0 Å². The first-order chi connectivity index (χ1) is 9.00. The Morgan fingerprint density at radius 2 is 2.16 bits per heavy atom. The summed E-state index contributed by atoms with van der Waals surface area (Å²) in [5.41, 5.74) is 7.99. The van der Waals surface area contributed by atoms with Gasteiger partial charge in [0.25, 0.3) is 0 Å². The van der Waals surface area contributed by atoms with Gasteiger partial charge in [-0.1, -0.05) is 12.1 Å². The van der Waals surface area contributed by atoms with Gasteiger partial charge in [-0.25, -0.2) is 0 Å². The Balaban J connectivity index is 2.35. The minimum Gasteiger partial charge on any atom is -0.369 e. The third kappa shape index (κ3) is 2.78. The maximum Gasteiger partial charge on any atom is 0.244 e. The first-order valence-corrected chi connectivity index (χ1v) is 6.59. The van der Waals surface area contributed by atoms with Crippen molar-refractivity contribution in [1.29, 1.82) is 0 Å². The summed E-state index contributed by atoms with van der Waals surface area (Å²) < 4.78 is 2.59. The molecule has 1 amide bonds. The highest BCUT2D eigenvalue weighted by atomic mass is 79.9. The van der Waals surface area contributed by atoms with E-state index in [1.807, 2.05) is 38.2 Å². The van der Waals surface area contributed by atoms with Crippen molar-refractivity contribution in [2.75, 3.05) is 5.32 Å². The molecule has 2 aromatic rings. The number of aromatic nitrogens is 2. The molecule has 5 nitrogen and oxygen atoms in total. The number of hydrogen-bond donors (Lipinski definition) is 2. The molecule has 100 valence electrons. The Hall–Kier alpha value is -1.82. The lowest BCUT2D eigenvalue weighted by Crippen LogP contribution is -2.28. The summed E-state index contributed by atoms with van der Waals surface area (Å²) in [7, 11) is 1.83. The molecular weight excluding hydrogens is 308 g/mol. The number of carbonyl (C=O) groups is 1. The fraction of sp³-hybridized carbons (Fsp3) is 0.231. The second kappa shape index (κ2) is 5.44. The molecule has 0 bridgehead atoms. The lowest BCUT2D eigenvalue weighted by molar-refractivity contribution is -0.118. The van der Waals surface area contributed by atoms with Gasteiger partial charge in [0.1, 0.15) is 6.04 Å². The van der Waals surface area contributed by atoms with Crippen molar-refractivity contribution in [3.63, 3.8) is 0 Å². The van der Waals surface area contributed by atoms with Crippen molar-refractivity contribution in [2.45, 2.75) is 13.0 Å². The predicted molar refractivity (Wildman–Crippen MR) is 77.6 cm³/mol. The van der Waals surface area contributed by atoms with Crippen LogP contribution in [0.4, 0.5) is 5.69 Å². The first kappa shape index (κ1) is 13.6. The lowest BCUT2D eigenvalue weighted by Gasteiger charge is -2.17. The first-order valence-electron chi connectivity index (χ1n) is 5.79. The highest BCUT2D eigenvalue weighted by Gasteiger charge is 2.22. The number of anilines is 1. The Morgan fingerprint density at radius 3 is 2.68 bits per heavy atom. The number of hydrogen-bond acceptors (Lipinski definition) is 3. The number of nitrogens with zero attached hydrogens (tertiary/aromatic N) is 2. The molecule has 1 aromatic carbocycles. The van der Waals surface area contributed by atoms with Crippen LogP contribution in [0.25, 0.3) is 0 Å². The standard InChI is InChI=1S/C13H15BrN4O/c1-8-9(7-16-18(8)2)12(13(15)19)17-11-6-4-3-5-10(11)14/h3-7,12,17H,1-2H3,(H2,15,19). The van der Waals surface area contributed by atoms with Gasteiger partial charge in [0.2, 0.25) is 5.91 Å². The van der Waals surface area contributed by atoms with Crippen LogP contribution < -0.4 is 11.1 Å². The monoisotopic (exact) mass is 322 g/mol. The smallest absolute Gasteiger partial charge is 0.244 e. The van der Waals surface area contributed by atoms with E-state index in [9.17, 15) is 4.79 Å². The fourth-order valence-corrected chi connectivity index (χ4v) is 2.23. The van der Waals surface area contributed by atoms with E-state index in [4.69, 9.17) is 5.73 Å². The van der Waals surface area contributed by atoms with Gasteiger partial charge in [-0.15, -0.1) is 0 Å². The third-order valence-electron chi connectivity index (χ3n) is 3.04. The van der Waals surface area contributed by atoms with Gasteiger partial charge in [0.05, 0.1) is 6.20 Å². The van der Waals surface area contributed by atoms with Crippen molar-refractivity contribution in [2.24, 2.45) is 12.8 Å². The minimum absolute atomic E-state index is 0.438. The second-order valence-electron chi connectivity index (χ2n) is 4.27. The zero-order valence-electron chi connectivity index (χ0n) is 10.7. The topological polar surface area (TPSA) is 72.9 Å².